The van der Waals surface area contributed by atoms with Gasteiger partial charge >= 0.3 is 5.97 Å². The first-order valence-electron chi connectivity index (χ1n) is 9.70. The second-order valence-electron chi connectivity index (χ2n) is 7.10. The number of nitrogens with zero attached hydrogens (tertiary/aromatic N) is 3. The molecule has 2 aromatic carbocycles. The fourth-order valence-electron chi connectivity index (χ4n) is 3.15. The largest absolute Gasteiger partial charge is 0.451 e. The zero-order valence-electron chi connectivity index (χ0n) is 16.8. The zero-order valence-corrected chi connectivity index (χ0v) is 16.8. The van der Waals surface area contributed by atoms with E-state index in [4.69, 9.17) is 9.72 Å². The van der Waals surface area contributed by atoms with Gasteiger partial charge in [0.25, 0.3) is 0 Å². The molecule has 1 unspecified atom stereocenters. The molecule has 0 N–H and O–H groups in total. The number of hydrogen-bond donors (Lipinski definition) is 0. The number of Topliss-reactive ketones (excluding diaryl/α,β-unsaturated/α-hetero) is 1. The molecular formula is C24H21N3O3. The number of hydrogen-bond acceptors (Lipinski definition) is 5. The van der Waals surface area contributed by atoms with Crippen LogP contribution in [0.25, 0.3) is 22.3 Å². The van der Waals surface area contributed by atoms with Crippen LogP contribution in [0, 0.1) is 0 Å². The molecule has 0 aliphatic rings. The van der Waals surface area contributed by atoms with Crippen LogP contribution in [0.2, 0.25) is 0 Å². The normalized spacial score (nSPS) is 11.9. The van der Waals surface area contributed by atoms with Crippen molar-refractivity contribution in [3.8, 4) is 11.3 Å². The highest BCUT2D eigenvalue weighted by Crippen LogP contribution is 2.26. The first kappa shape index (κ1) is 19.5. The molecule has 6 nitrogen and oxygen atoms in total. The summed E-state index contributed by atoms with van der Waals surface area (Å²) in [5, 5.41) is 5.05. The molecule has 0 saturated heterocycles. The Labute approximate surface area is 174 Å². The number of ketones is 1. The summed E-state index contributed by atoms with van der Waals surface area (Å²) < 4.78 is 7.14. The van der Waals surface area contributed by atoms with Gasteiger partial charge in [-0.3, -0.25) is 4.79 Å². The minimum atomic E-state index is -0.819. The van der Waals surface area contributed by atoms with Crippen LogP contribution in [0.3, 0.4) is 0 Å². The Morgan fingerprint density at radius 2 is 1.70 bits per heavy atom. The predicted octanol–water partition coefficient (Wildman–Crippen LogP) is 4.28. The molecule has 0 fully saturated rings. The quantitative estimate of drug-likeness (QED) is 0.453. The van der Waals surface area contributed by atoms with Crippen molar-refractivity contribution in [3.63, 3.8) is 0 Å². The van der Waals surface area contributed by atoms with Crippen molar-refractivity contribution in [1.29, 1.82) is 0 Å². The molecule has 0 saturated carbocycles. The third-order valence-electron chi connectivity index (χ3n) is 4.93. The number of ether oxygens (including phenoxy) is 1. The smallest absolute Gasteiger partial charge is 0.339 e. The maximum Gasteiger partial charge on any atom is 0.339 e. The number of carbonyl (C=O) groups excluding carboxylic acids is 2. The van der Waals surface area contributed by atoms with Crippen LogP contribution in [0.15, 0.2) is 72.9 Å². The number of carbonyl (C=O) groups is 2. The van der Waals surface area contributed by atoms with Gasteiger partial charge in [0.15, 0.2) is 17.5 Å². The van der Waals surface area contributed by atoms with Gasteiger partial charge in [0.05, 0.1) is 29.4 Å². The first-order chi connectivity index (χ1) is 14.5. The van der Waals surface area contributed by atoms with E-state index in [0.717, 1.165) is 11.1 Å². The summed E-state index contributed by atoms with van der Waals surface area (Å²) in [6.07, 6.45) is 0.801. The third kappa shape index (κ3) is 3.98. The van der Waals surface area contributed by atoms with Crippen LogP contribution in [-0.4, -0.2) is 32.6 Å². The lowest BCUT2D eigenvalue weighted by molar-refractivity contribution is -0.124. The fraction of sp³-hybridized carbons (Fsp3) is 0.167. The van der Waals surface area contributed by atoms with Gasteiger partial charge in [-0.25, -0.2) is 14.5 Å². The molecule has 2 aromatic heterocycles. The Hall–Kier alpha value is -3.80. The summed E-state index contributed by atoms with van der Waals surface area (Å²) in [5.74, 6) is -0.779. The Balaban J connectivity index is 1.83. The van der Waals surface area contributed by atoms with Gasteiger partial charge in [0, 0.05) is 5.56 Å². The van der Waals surface area contributed by atoms with Crippen molar-refractivity contribution < 1.29 is 14.3 Å². The molecule has 0 aliphatic heterocycles. The maximum absolute atomic E-state index is 12.9. The number of rotatable bonds is 6. The van der Waals surface area contributed by atoms with E-state index < -0.39 is 12.1 Å². The Morgan fingerprint density at radius 1 is 1.03 bits per heavy atom. The average molecular weight is 399 g/mol. The predicted molar refractivity (Wildman–Crippen MR) is 114 cm³/mol. The number of esters is 1. The molecule has 0 radical (unpaired) electrons. The van der Waals surface area contributed by atoms with Crippen LogP contribution in [0.4, 0.5) is 0 Å². The Kier molecular flexibility index (Phi) is 5.39. The first-order valence-corrected chi connectivity index (χ1v) is 9.70. The summed E-state index contributed by atoms with van der Waals surface area (Å²) in [6, 6.07) is 21.2. The standard InChI is InChI=1S/C24H21N3O3/c1-16(28)17(2)30-24(29)20-13-22(19-11-7-4-8-12-19)26-23-21(20)14-25-27(23)15-18-9-5-3-6-10-18/h3-14,17H,15H2,1-2H3. The highest BCUT2D eigenvalue weighted by Gasteiger charge is 2.21. The van der Waals surface area contributed by atoms with Gasteiger partial charge in [0.2, 0.25) is 0 Å². The zero-order chi connectivity index (χ0) is 21.1. The summed E-state index contributed by atoms with van der Waals surface area (Å²) in [7, 11) is 0. The van der Waals surface area contributed by atoms with E-state index in [9.17, 15) is 9.59 Å². The van der Waals surface area contributed by atoms with Gasteiger partial charge in [-0.2, -0.15) is 5.10 Å². The topological polar surface area (TPSA) is 74.1 Å². The van der Waals surface area contributed by atoms with E-state index >= 15 is 0 Å². The average Bonchev–Trinajstić information content (AvgIpc) is 3.17. The second kappa shape index (κ2) is 8.29. The number of fused-ring (bicyclic) bond motifs is 1. The molecule has 4 aromatic rings. The molecule has 4 rings (SSSR count). The lowest BCUT2D eigenvalue weighted by atomic mass is 10.1. The van der Waals surface area contributed by atoms with E-state index in [1.807, 2.05) is 60.7 Å². The van der Waals surface area contributed by atoms with E-state index in [2.05, 4.69) is 5.10 Å². The van der Waals surface area contributed by atoms with Crippen LogP contribution in [0.1, 0.15) is 29.8 Å². The summed E-state index contributed by atoms with van der Waals surface area (Å²) >= 11 is 0. The van der Waals surface area contributed by atoms with Crippen molar-refractivity contribution in [2.24, 2.45) is 0 Å². The second-order valence-corrected chi connectivity index (χ2v) is 7.10. The summed E-state index contributed by atoms with van der Waals surface area (Å²) in [4.78, 5) is 29.2. The van der Waals surface area contributed by atoms with E-state index in [1.165, 1.54) is 6.92 Å². The number of aromatic nitrogens is 3. The molecule has 0 spiro atoms. The minimum Gasteiger partial charge on any atom is -0.451 e. The molecule has 1 atom stereocenters. The molecule has 0 aliphatic carbocycles. The highest BCUT2D eigenvalue weighted by molar-refractivity contribution is 6.04. The fourth-order valence-corrected chi connectivity index (χ4v) is 3.15. The summed E-state index contributed by atoms with van der Waals surface area (Å²) in [5.41, 5.74) is 3.51. The molecule has 150 valence electrons. The number of benzene rings is 2. The SMILES string of the molecule is CC(=O)C(C)OC(=O)c1cc(-c2ccccc2)nc2c1cnn2Cc1ccccc1. The van der Waals surface area contributed by atoms with E-state index in [0.29, 0.717) is 28.8 Å². The molecule has 0 amide bonds. The monoisotopic (exact) mass is 399 g/mol. The minimum absolute atomic E-state index is 0.211. The maximum atomic E-state index is 12.9. The molecule has 0 bridgehead atoms. The van der Waals surface area contributed by atoms with Crippen molar-refractivity contribution in [2.45, 2.75) is 26.5 Å². The van der Waals surface area contributed by atoms with E-state index in [-0.39, 0.29) is 5.78 Å². The lowest BCUT2D eigenvalue weighted by Crippen LogP contribution is -2.22. The van der Waals surface area contributed by atoms with Crippen LogP contribution >= 0.6 is 0 Å². The molecule has 6 heteroatoms. The van der Waals surface area contributed by atoms with Gasteiger partial charge in [-0.15, -0.1) is 0 Å². The lowest BCUT2D eigenvalue weighted by Gasteiger charge is -2.12. The van der Waals surface area contributed by atoms with Crippen molar-refractivity contribution in [1.82, 2.24) is 14.8 Å². The van der Waals surface area contributed by atoms with Gasteiger partial charge in [0.1, 0.15) is 0 Å². The van der Waals surface area contributed by atoms with Gasteiger partial charge < -0.3 is 4.74 Å². The Bertz CT molecular complexity index is 1200. The van der Waals surface area contributed by atoms with Gasteiger partial charge in [-0.05, 0) is 25.5 Å². The third-order valence-corrected chi connectivity index (χ3v) is 4.93. The van der Waals surface area contributed by atoms with Gasteiger partial charge in [-0.1, -0.05) is 60.7 Å². The van der Waals surface area contributed by atoms with Crippen molar-refractivity contribution >= 4 is 22.8 Å². The molecular weight excluding hydrogens is 378 g/mol. The summed E-state index contributed by atoms with van der Waals surface area (Å²) in [6.45, 7) is 3.48. The van der Waals surface area contributed by atoms with Crippen LogP contribution in [-0.2, 0) is 16.1 Å². The van der Waals surface area contributed by atoms with Crippen molar-refractivity contribution in [2.75, 3.05) is 0 Å². The van der Waals surface area contributed by atoms with Crippen molar-refractivity contribution in [3.05, 3.63) is 84.1 Å². The number of pyridine rings is 1. The molecule has 30 heavy (non-hydrogen) atoms. The van der Waals surface area contributed by atoms with Crippen LogP contribution < -0.4 is 0 Å². The van der Waals surface area contributed by atoms with Crippen LogP contribution in [0.5, 0.6) is 0 Å². The Morgan fingerprint density at radius 3 is 2.37 bits per heavy atom. The van der Waals surface area contributed by atoms with E-state index in [1.54, 1.807) is 23.9 Å². The molecule has 2 heterocycles. The highest BCUT2D eigenvalue weighted by atomic mass is 16.5.